The molecule has 15 heteroatoms. The van der Waals surface area contributed by atoms with Gasteiger partial charge in [0.05, 0.1) is 0 Å². The molecule has 0 aromatic heterocycles. The van der Waals surface area contributed by atoms with Crippen LogP contribution >= 0.6 is 0 Å². The first-order chi connectivity index (χ1) is 11.1. The minimum absolute atomic E-state index is 0.527. The van der Waals surface area contributed by atoms with Crippen LogP contribution in [0.5, 0.6) is 0 Å². The van der Waals surface area contributed by atoms with Crippen LogP contribution < -0.4 is 0 Å². The van der Waals surface area contributed by atoms with Crippen LogP contribution in [0.4, 0.5) is 57.1 Å². The van der Waals surface area contributed by atoms with E-state index in [2.05, 4.69) is 0 Å². The molecule has 1 amide bonds. The molecule has 0 fully saturated rings. The number of hydrogen-bond donors (Lipinski definition) is 0. The van der Waals surface area contributed by atoms with E-state index in [4.69, 9.17) is 0 Å². The highest BCUT2D eigenvalue weighted by atomic mass is 19.4. The number of hydrogen-bond acceptors (Lipinski definition) is 1. The van der Waals surface area contributed by atoms with Crippen molar-refractivity contribution >= 4 is 5.91 Å². The van der Waals surface area contributed by atoms with Crippen molar-refractivity contribution in [3.63, 3.8) is 0 Å². The maximum absolute atomic E-state index is 13.3. The normalized spacial score (nSPS) is 15.2. The van der Waals surface area contributed by atoms with E-state index in [1.54, 1.807) is 0 Å². The number of halogens is 13. The van der Waals surface area contributed by atoms with Gasteiger partial charge < -0.3 is 4.90 Å². The summed E-state index contributed by atoms with van der Waals surface area (Å²) in [6, 6.07) is 0. The summed E-state index contributed by atoms with van der Waals surface area (Å²) in [5.41, 5.74) is 0. The standard InChI is InChI=1S/C11H10F13NO/c1-25(2)5(26)3-4-6(12,13)7(14,15)8(16,17)9(18,19)10(20,21)11(22,23)24/h3-4H2,1-2H3. The Bertz CT molecular complexity index is 523. The number of rotatable bonds is 7. The van der Waals surface area contributed by atoms with Crippen molar-refractivity contribution in [2.24, 2.45) is 0 Å². The van der Waals surface area contributed by atoms with Crippen molar-refractivity contribution in [3.8, 4) is 0 Å². The van der Waals surface area contributed by atoms with Gasteiger partial charge in [-0.25, -0.2) is 0 Å². The summed E-state index contributed by atoms with van der Waals surface area (Å²) < 4.78 is 166. The molecule has 2 nitrogen and oxygen atoms in total. The highest BCUT2D eigenvalue weighted by Gasteiger charge is 2.90. The zero-order valence-electron chi connectivity index (χ0n) is 12.7. The van der Waals surface area contributed by atoms with E-state index in [1.165, 1.54) is 0 Å². The molecule has 26 heavy (non-hydrogen) atoms. The molecule has 0 aliphatic heterocycles. The first-order valence-corrected chi connectivity index (χ1v) is 6.24. The lowest BCUT2D eigenvalue weighted by Gasteiger charge is -2.39. The largest absolute Gasteiger partial charge is 0.460 e. The average Bonchev–Trinajstić information content (AvgIpc) is 2.42. The molecule has 0 saturated carbocycles. The van der Waals surface area contributed by atoms with E-state index in [0.717, 1.165) is 14.1 Å². The predicted molar refractivity (Wildman–Crippen MR) is 58.7 cm³/mol. The Kier molecular flexibility index (Phi) is 6.25. The van der Waals surface area contributed by atoms with Gasteiger partial charge in [0.2, 0.25) is 5.91 Å². The molecule has 0 unspecified atom stereocenters. The second kappa shape index (κ2) is 6.62. The van der Waals surface area contributed by atoms with Gasteiger partial charge in [0.15, 0.2) is 0 Å². The highest BCUT2D eigenvalue weighted by Crippen LogP contribution is 2.60. The molecule has 0 heterocycles. The lowest BCUT2D eigenvalue weighted by molar-refractivity contribution is -0.440. The topological polar surface area (TPSA) is 20.3 Å². The van der Waals surface area contributed by atoms with Crippen LogP contribution in [-0.2, 0) is 4.79 Å². The first-order valence-electron chi connectivity index (χ1n) is 6.24. The van der Waals surface area contributed by atoms with E-state index < -0.39 is 54.5 Å². The fraction of sp³-hybridized carbons (Fsp3) is 0.909. The molecule has 0 saturated heterocycles. The maximum atomic E-state index is 13.3. The Morgan fingerprint density at radius 2 is 1.00 bits per heavy atom. The van der Waals surface area contributed by atoms with Crippen LogP contribution in [0.25, 0.3) is 0 Å². The van der Waals surface area contributed by atoms with Crippen molar-refractivity contribution < 1.29 is 61.9 Å². The number of nitrogens with zero attached hydrogens (tertiary/aromatic N) is 1. The molecule has 0 radical (unpaired) electrons. The van der Waals surface area contributed by atoms with Crippen LogP contribution in [-0.4, -0.2) is 60.7 Å². The summed E-state index contributed by atoms with van der Waals surface area (Å²) >= 11 is 0. The number of amides is 1. The fourth-order valence-electron chi connectivity index (χ4n) is 1.45. The van der Waals surface area contributed by atoms with Gasteiger partial charge in [-0.15, -0.1) is 0 Å². The lowest BCUT2D eigenvalue weighted by atomic mass is 9.92. The van der Waals surface area contributed by atoms with Gasteiger partial charge in [-0.2, -0.15) is 57.1 Å². The van der Waals surface area contributed by atoms with Crippen LogP contribution in [0.3, 0.4) is 0 Å². The number of carbonyl (C=O) groups excluding carboxylic acids is 1. The van der Waals surface area contributed by atoms with E-state index in [1.807, 2.05) is 0 Å². The van der Waals surface area contributed by atoms with Crippen molar-refractivity contribution in [1.82, 2.24) is 4.90 Å². The van der Waals surface area contributed by atoms with Crippen molar-refractivity contribution in [3.05, 3.63) is 0 Å². The van der Waals surface area contributed by atoms with Gasteiger partial charge in [0.25, 0.3) is 0 Å². The highest BCUT2D eigenvalue weighted by molar-refractivity contribution is 5.75. The Morgan fingerprint density at radius 3 is 1.31 bits per heavy atom. The van der Waals surface area contributed by atoms with Gasteiger partial charge in [-0.3, -0.25) is 4.79 Å². The second-order valence-corrected chi connectivity index (χ2v) is 5.29. The van der Waals surface area contributed by atoms with Crippen LogP contribution in [0.2, 0.25) is 0 Å². The van der Waals surface area contributed by atoms with Crippen molar-refractivity contribution in [2.75, 3.05) is 14.1 Å². The zero-order chi connectivity index (χ0) is 21.6. The van der Waals surface area contributed by atoms with Gasteiger partial charge in [-0.1, -0.05) is 0 Å². The molecule has 156 valence electrons. The van der Waals surface area contributed by atoms with E-state index in [0.29, 0.717) is 4.90 Å². The molecule has 0 spiro atoms. The van der Waals surface area contributed by atoms with Gasteiger partial charge in [0.1, 0.15) is 0 Å². The maximum Gasteiger partial charge on any atom is 0.460 e. The molecular weight excluding hydrogens is 409 g/mol. The fourth-order valence-corrected chi connectivity index (χ4v) is 1.45. The Morgan fingerprint density at radius 1 is 0.654 bits per heavy atom. The van der Waals surface area contributed by atoms with Crippen LogP contribution in [0.1, 0.15) is 12.8 Å². The molecule has 0 aliphatic rings. The van der Waals surface area contributed by atoms with Gasteiger partial charge in [-0.05, 0) is 0 Å². The summed E-state index contributed by atoms with van der Waals surface area (Å²) in [6.07, 6.45) is -11.6. The Hall–Kier alpha value is -1.44. The number of alkyl halides is 13. The molecule has 0 atom stereocenters. The van der Waals surface area contributed by atoms with Crippen LogP contribution in [0, 0.1) is 0 Å². The zero-order valence-corrected chi connectivity index (χ0v) is 12.7. The smallest absolute Gasteiger partial charge is 0.349 e. The minimum atomic E-state index is -7.92. The van der Waals surface area contributed by atoms with E-state index in [-0.39, 0.29) is 0 Å². The van der Waals surface area contributed by atoms with Crippen LogP contribution in [0.15, 0.2) is 0 Å². The third kappa shape index (κ3) is 3.66. The molecule has 0 aromatic carbocycles. The Balaban J connectivity index is 5.96. The van der Waals surface area contributed by atoms with E-state index >= 15 is 0 Å². The summed E-state index contributed by atoms with van der Waals surface area (Å²) in [7, 11) is 1.84. The molecule has 0 bridgehead atoms. The Labute approximate surface area is 136 Å². The third-order valence-electron chi connectivity index (χ3n) is 3.15. The summed E-state index contributed by atoms with van der Waals surface area (Å²) in [5.74, 6) is -38.4. The molecule has 0 N–H and O–H groups in total. The monoisotopic (exact) mass is 419 g/mol. The second-order valence-electron chi connectivity index (χ2n) is 5.29. The van der Waals surface area contributed by atoms with E-state index in [9.17, 15) is 61.9 Å². The third-order valence-corrected chi connectivity index (χ3v) is 3.15. The SMILES string of the molecule is CN(C)C(=O)CCC(F)(F)C(F)(F)C(F)(F)C(F)(F)C(F)(F)C(F)(F)F. The lowest BCUT2D eigenvalue weighted by Crippen LogP contribution is -2.70. The average molecular weight is 419 g/mol. The van der Waals surface area contributed by atoms with Gasteiger partial charge >= 0.3 is 35.8 Å². The van der Waals surface area contributed by atoms with Crippen molar-refractivity contribution in [1.29, 1.82) is 0 Å². The summed E-state index contributed by atoms with van der Waals surface area (Å²) in [6.45, 7) is 0. The first kappa shape index (κ1) is 24.6. The minimum Gasteiger partial charge on any atom is -0.349 e. The summed E-state index contributed by atoms with van der Waals surface area (Å²) in [4.78, 5) is 11.5. The molecule has 0 rings (SSSR count). The predicted octanol–water partition coefficient (Wildman–Crippen LogP) is 4.59. The quantitative estimate of drug-likeness (QED) is 0.553. The molecule has 0 aromatic rings. The van der Waals surface area contributed by atoms with Crippen molar-refractivity contribution in [2.45, 2.75) is 48.6 Å². The molecule has 0 aliphatic carbocycles. The summed E-state index contributed by atoms with van der Waals surface area (Å²) in [5, 5.41) is 0. The number of carbonyl (C=O) groups is 1. The molecular formula is C11H10F13NO. The van der Waals surface area contributed by atoms with Gasteiger partial charge in [0, 0.05) is 26.9 Å².